The molecule has 6 nitrogen and oxygen atoms in total. The first kappa shape index (κ1) is 16.1. The highest BCUT2D eigenvalue weighted by atomic mass is 35.5. The molecule has 21 heavy (non-hydrogen) atoms. The lowest BCUT2D eigenvalue weighted by atomic mass is 10.3. The molecule has 0 unspecified atom stereocenters. The number of benzene rings is 1. The van der Waals surface area contributed by atoms with E-state index in [4.69, 9.17) is 27.9 Å². The van der Waals surface area contributed by atoms with Crippen LogP contribution in [0.15, 0.2) is 29.3 Å². The van der Waals surface area contributed by atoms with E-state index in [1.807, 2.05) is 0 Å². The van der Waals surface area contributed by atoms with Crippen molar-refractivity contribution in [1.82, 2.24) is 14.3 Å². The molecule has 114 valence electrons. The quantitative estimate of drug-likeness (QED) is 0.897. The fraction of sp³-hybridized carbons (Fsp3) is 0.250. The number of imidazole rings is 1. The Bertz CT molecular complexity index is 759. The van der Waals surface area contributed by atoms with Crippen molar-refractivity contribution >= 4 is 33.2 Å². The number of rotatable bonds is 5. The third-order valence-corrected chi connectivity index (χ3v) is 4.93. The Balaban J connectivity index is 2.19. The van der Waals surface area contributed by atoms with Crippen LogP contribution in [-0.2, 0) is 23.6 Å². The van der Waals surface area contributed by atoms with Crippen LogP contribution in [0.4, 0.5) is 0 Å². The lowest BCUT2D eigenvalue weighted by Crippen LogP contribution is -2.24. The van der Waals surface area contributed by atoms with Crippen molar-refractivity contribution in [3.63, 3.8) is 0 Å². The lowest BCUT2D eigenvalue weighted by molar-refractivity contribution is 0.414. The molecular weight excluding hydrogens is 337 g/mol. The average Bonchev–Trinajstić information content (AvgIpc) is 2.76. The normalized spacial score (nSPS) is 11.6. The number of halogens is 2. The molecule has 0 saturated carbocycles. The van der Waals surface area contributed by atoms with E-state index in [1.54, 1.807) is 11.6 Å². The van der Waals surface area contributed by atoms with E-state index >= 15 is 0 Å². The van der Waals surface area contributed by atoms with Crippen LogP contribution in [0.3, 0.4) is 0 Å². The zero-order valence-corrected chi connectivity index (χ0v) is 13.6. The van der Waals surface area contributed by atoms with Gasteiger partial charge in [0, 0.05) is 7.05 Å². The van der Waals surface area contributed by atoms with Gasteiger partial charge in [0.2, 0.25) is 10.0 Å². The Hall–Kier alpha value is -1.28. The van der Waals surface area contributed by atoms with Gasteiger partial charge < -0.3 is 9.30 Å². The van der Waals surface area contributed by atoms with Crippen molar-refractivity contribution in [3.05, 3.63) is 40.4 Å². The van der Waals surface area contributed by atoms with E-state index in [0.717, 1.165) is 0 Å². The minimum atomic E-state index is -3.70. The van der Waals surface area contributed by atoms with Crippen LogP contribution >= 0.6 is 23.2 Å². The summed E-state index contributed by atoms with van der Waals surface area (Å²) in [7, 11) is -0.545. The molecule has 1 aromatic heterocycles. The second-order valence-electron chi connectivity index (χ2n) is 4.18. The number of hydrogen-bond donors (Lipinski definition) is 1. The van der Waals surface area contributed by atoms with Gasteiger partial charge in [-0.25, -0.2) is 18.1 Å². The van der Waals surface area contributed by atoms with Crippen LogP contribution < -0.4 is 9.46 Å². The van der Waals surface area contributed by atoms with Crippen LogP contribution in [0.2, 0.25) is 10.2 Å². The standard InChI is InChI=1S/C12H13Cl2N3O3S/c1-17-11(14)6-15-12(17)7-16-21(18,19)8-3-4-10(20-2)9(13)5-8/h3-6,16H,7H2,1-2H3. The van der Waals surface area contributed by atoms with Crippen LogP contribution in [-0.4, -0.2) is 25.1 Å². The number of hydrogen-bond acceptors (Lipinski definition) is 4. The molecule has 2 aromatic rings. The van der Waals surface area contributed by atoms with Gasteiger partial charge in [0.15, 0.2) is 0 Å². The number of sulfonamides is 1. The highest BCUT2D eigenvalue weighted by molar-refractivity contribution is 7.89. The Morgan fingerprint density at radius 3 is 2.62 bits per heavy atom. The molecule has 0 fully saturated rings. The number of nitrogens with one attached hydrogen (secondary N) is 1. The number of aromatic nitrogens is 2. The minimum absolute atomic E-state index is 0.0230. The van der Waals surface area contributed by atoms with E-state index in [0.29, 0.717) is 16.7 Å². The first-order valence-corrected chi connectivity index (χ1v) is 8.08. The molecule has 9 heteroatoms. The van der Waals surface area contributed by atoms with E-state index < -0.39 is 10.0 Å². The highest BCUT2D eigenvalue weighted by Gasteiger charge is 2.17. The fourth-order valence-electron chi connectivity index (χ4n) is 1.65. The van der Waals surface area contributed by atoms with Crippen molar-refractivity contribution in [2.45, 2.75) is 11.4 Å². The van der Waals surface area contributed by atoms with E-state index in [1.165, 1.54) is 31.5 Å². The fourth-order valence-corrected chi connectivity index (χ4v) is 3.12. The van der Waals surface area contributed by atoms with E-state index in [-0.39, 0.29) is 16.5 Å². The van der Waals surface area contributed by atoms with Crippen molar-refractivity contribution in [1.29, 1.82) is 0 Å². The third-order valence-electron chi connectivity index (χ3n) is 2.88. The Morgan fingerprint density at radius 1 is 1.38 bits per heavy atom. The maximum absolute atomic E-state index is 12.2. The molecule has 1 heterocycles. The summed E-state index contributed by atoms with van der Waals surface area (Å²) in [5, 5.41) is 0.650. The smallest absolute Gasteiger partial charge is 0.241 e. The maximum Gasteiger partial charge on any atom is 0.241 e. The Kier molecular flexibility index (Phi) is 4.77. The van der Waals surface area contributed by atoms with Gasteiger partial charge >= 0.3 is 0 Å². The molecule has 0 radical (unpaired) electrons. The first-order chi connectivity index (χ1) is 9.85. The molecule has 0 amide bonds. The molecule has 0 bridgehead atoms. The Morgan fingerprint density at radius 2 is 2.10 bits per heavy atom. The molecule has 0 aliphatic rings. The molecule has 0 saturated heterocycles. The zero-order valence-electron chi connectivity index (χ0n) is 11.3. The van der Waals surface area contributed by atoms with Crippen molar-refractivity contribution < 1.29 is 13.2 Å². The van der Waals surface area contributed by atoms with E-state index in [9.17, 15) is 8.42 Å². The molecule has 2 rings (SSSR count). The molecule has 1 aromatic carbocycles. The predicted molar refractivity (Wildman–Crippen MR) is 80.2 cm³/mol. The van der Waals surface area contributed by atoms with Gasteiger partial charge in [-0.1, -0.05) is 23.2 Å². The summed E-state index contributed by atoms with van der Waals surface area (Å²) in [6.45, 7) is 0.0230. The van der Waals surface area contributed by atoms with Gasteiger partial charge in [-0.05, 0) is 18.2 Å². The molecular formula is C12H13Cl2N3O3S. The van der Waals surface area contributed by atoms with Gasteiger partial charge in [0.05, 0.1) is 29.8 Å². The van der Waals surface area contributed by atoms with Gasteiger partial charge in [0.1, 0.15) is 16.7 Å². The van der Waals surface area contributed by atoms with Gasteiger partial charge in [-0.15, -0.1) is 0 Å². The summed E-state index contributed by atoms with van der Waals surface area (Å²) in [5.41, 5.74) is 0. The maximum atomic E-state index is 12.2. The molecule has 0 atom stereocenters. The topological polar surface area (TPSA) is 73.2 Å². The summed E-state index contributed by atoms with van der Waals surface area (Å²) in [4.78, 5) is 4.06. The van der Waals surface area contributed by atoms with Gasteiger partial charge in [-0.2, -0.15) is 0 Å². The van der Waals surface area contributed by atoms with Crippen LogP contribution in [0.1, 0.15) is 5.82 Å². The van der Waals surface area contributed by atoms with Crippen LogP contribution in [0.25, 0.3) is 0 Å². The number of ether oxygens (including phenoxy) is 1. The van der Waals surface area contributed by atoms with Crippen LogP contribution in [0, 0.1) is 0 Å². The molecule has 1 N–H and O–H groups in total. The summed E-state index contributed by atoms with van der Waals surface area (Å²) in [6, 6.07) is 4.24. The van der Waals surface area contributed by atoms with Gasteiger partial charge in [0.25, 0.3) is 0 Å². The molecule has 0 spiro atoms. The minimum Gasteiger partial charge on any atom is -0.495 e. The van der Waals surface area contributed by atoms with Crippen molar-refractivity contribution in [2.75, 3.05) is 7.11 Å². The zero-order chi connectivity index (χ0) is 15.6. The average molecular weight is 350 g/mol. The summed E-state index contributed by atoms with van der Waals surface area (Å²) in [5.74, 6) is 0.912. The van der Waals surface area contributed by atoms with Gasteiger partial charge in [-0.3, -0.25) is 0 Å². The summed E-state index contributed by atoms with van der Waals surface area (Å²) >= 11 is 11.8. The van der Waals surface area contributed by atoms with Crippen LogP contribution in [0.5, 0.6) is 5.75 Å². The Labute approximate surface area is 132 Å². The summed E-state index contributed by atoms with van der Waals surface area (Å²) < 4.78 is 33.4. The second kappa shape index (κ2) is 6.23. The predicted octanol–water partition coefficient (Wildman–Crippen LogP) is 2.21. The highest BCUT2D eigenvalue weighted by Crippen LogP contribution is 2.26. The lowest BCUT2D eigenvalue weighted by Gasteiger charge is -2.09. The van der Waals surface area contributed by atoms with Crippen molar-refractivity contribution in [2.24, 2.45) is 7.05 Å². The van der Waals surface area contributed by atoms with E-state index in [2.05, 4.69) is 9.71 Å². The second-order valence-corrected chi connectivity index (χ2v) is 6.74. The monoisotopic (exact) mass is 349 g/mol. The molecule has 0 aliphatic heterocycles. The first-order valence-electron chi connectivity index (χ1n) is 5.84. The number of methoxy groups -OCH3 is 1. The largest absolute Gasteiger partial charge is 0.495 e. The third kappa shape index (κ3) is 3.49. The summed E-state index contributed by atoms with van der Waals surface area (Å²) in [6.07, 6.45) is 1.45. The van der Waals surface area contributed by atoms with Crippen molar-refractivity contribution in [3.8, 4) is 5.75 Å². The number of nitrogens with zero attached hydrogens (tertiary/aromatic N) is 2. The molecule has 0 aliphatic carbocycles. The SMILES string of the molecule is COc1ccc(S(=O)(=O)NCc2ncc(Cl)n2C)cc1Cl.